The van der Waals surface area contributed by atoms with Gasteiger partial charge in [0, 0.05) is 56.2 Å². The van der Waals surface area contributed by atoms with Crippen molar-refractivity contribution in [1.29, 1.82) is 0 Å². The van der Waals surface area contributed by atoms with Crippen molar-refractivity contribution in [2.75, 3.05) is 34.0 Å². The summed E-state index contributed by atoms with van der Waals surface area (Å²) in [6.45, 7) is 19.7. The van der Waals surface area contributed by atoms with Crippen molar-refractivity contribution >= 4 is 30.8 Å². The van der Waals surface area contributed by atoms with Gasteiger partial charge in [-0.2, -0.15) is 0 Å². The Hall–Kier alpha value is -2.73. The molecule has 658 valence electrons. The van der Waals surface area contributed by atoms with Crippen LogP contribution < -0.4 is 5.90 Å². The number of hydrogen-bond donors (Lipinski definition) is 9. The molecule has 2 heterocycles. The number of nitrogens with two attached hydrogens (primary N) is 1. The van der Waals surface area contributed by atoms with Crippen LogP contribution in [0.1, 0.15) is 346 Å². The number of rotatable bonds is 6. The molecule has 0 aromatic carbocycles. The largest absolute Gasteiger partial charge is 0.411 e. The third kappa shape index (κ3) is 20.0. The number of fused-ring (bicyclic) bond motifs is 20. The Morgan fingerprint density at radius 2 is 0.860 bits per heavy atom. The van der Waals surface area contributed by atoms with Crippen molar-refractivity contribution in [2.45, 2.75) is 364 Å². The molecule has 1 aromatic rings. The van der Waals surface area contributed by atoms with E-state index in [1.165, 1.54) is 191 Å². The van der Waals surface area contributed by atoms with Gasteiger partial charge in [-0.05, 0) is 412 Å². The fourth-order valence-corrected chi connectivity index (χ4v) is 31.2. The van der Waals surface area contributed by atoms with E-state index in [1.807, 2.05) is 45.9 Å². The number of aldehydes is 1. The summed E-state index contributed by atoms with van der Waals surface area (Å²) < 4.78 is 10.3. The van der Waals surface area contributed by atoms with Gasteiger partial charge in [0.05, 0.1) is 35.2 Å². The van der Waals surface area contributed by atoms with E-state index < -0.39 is 22.4 Å². The van der Waals surface area contributed by atoms with E-state index in [1.54, 1.807) is 14.2 Å². The molecule has 0 spiro atoms. The molecular weight excluding hydrogens is 1450 g/mol. The first-order valence-corrected chi connectivity index (χ1v) is 44.8. The second-order valence-corrected chi connectivity index (χ2v) is 42.0. The normalized spacial score (nSPS) is 46.9. The second-order valence-electron chi connectivity index (χ2n) is 42.0. The molecule has 114 heavy (non-hydrogen) atoms. The zero-order chi connectivity index (χ0) is 78.2. The van der Waals surface area contributed by atoms with Crippen LogP contribution in [0.15, 0.2) is 15.7 Å². The highest BCUT2D eigenvalue weighted by atomic mass is 35.5. The molecule has 1 aliphatic heterocycles. The number of aromatic nitrogens is 1. The SMILES string of the molecule is C.C.C.C.C#CCO.C1CCOC1.CON(C)C(=O)[C@H]1CC[C@H]2[C@@H]3CC[C@@H]4C[C@](C)(O)CC[C@@H]4[C@H]3CC[C@]12C.C[C@@]1(O)CC[C@H]2[C@H](CC[C@@H]3[C@@H]2CC[C@]2(C)[C@@H](/C=N/O)CC[C@@H]32)C1.C[C@@]1(O)CC[C@H]2[C@H](CC[C@@H]3[C@@H]2CC[C@]2(C)[C@@H](C=O)CC[C@@H]32)C1.C[C@@]1(O)CC[C@H]2[C@H](CC[C@@H]3[C@@H]2CC[C@]2(C)[C@@H](c4cc(CO)on4)CC[C@@H]32)C1.Cl.NO. The van der Waals surface area contributed by atoms with Gasteiger partial charge < -0.3 is 55.1 Å². The number of carbonyl (C=O) groups excluding carboxylic acids is 2. The zero-order valence-corrected chi connectivity index (χ0v) is 70.6. The molecule has 16 aliphatic carbocycles. The number of hydroxylamine groups is 2. The van der Waals surface area contributed by atoms with Crippen molar-refractivity contribution in [3.8, 4) is 12.3 Å². The summed E-state index contributed by atoms with van der Waals surface area (Å²) in [7, 11) is 3.34. The van der Waals surface area contributed by atoms with Crippen molar-refractivity contribution in [3.63, 3.8) is 0 Å². The van der Waals surface area contributed by atoms with E-state index in [2.05, 4.69) is 50.3 Å². The number of terminal acetylenes is 1. The predicted molar refractivity (Wildman–Crippen MR) is 459 cm³/mol. The van der Waals surface area contributed by atoms with Gasteiger partial charge in [0.25, 0.3) is 0 Å². The first-order chi connectivity index (χ1) is 52.0. The van der Waals surface area contributed by atoms with Gasteiger partial charge in [0.15, 0.2) is 5.76 Å². The van der Waals surface area contributed by atoms with E-state index >= 15 is 0 Å². The molecule has 18 rings (SSSR count). The summed E-state index contributed by atoms with van der Waals surface area (Å²) in [5.41, 5.74) is 0.539. The molecule has 1 aromatic heterocycles. The van der Waals surface area contributed by atoms with Crippen LogP contribution in [-0.2, 0) is 25.8 Å². The average molecular weight is 1620 g/mol. The molecule has 10 N–H and O–H groups in total. The van der Waals surface area contributed by atoms with Gasteiger partial charge in [-0.25, -0.2) is 11.0 Å². The molecule has 1 amide bonds. The van der Waals surface area contributed by atoms with Gasteiger partial charge in [0.2, 0.25) is 5.91 Å². The Balaban J connectivity index is 0.000000199. The minimum absolute atomic E-state index is 0. The van der Waals surface area contributed by atoms with Crippen molar-refractivity contribution in [3.05, 3.63) is 17.5 Å². The fourth-order valence-electron chi connectivity index (χ4n) is 31.2. The number of oxime groups is 1. The molecule has 17 nitrogen and oxygen atoms in total. The van der Waals surface area contributed by atoms with E-state index in [0.717, 1.165) is 196 Å². The Morgan fingerprint density at radius 3 is 1.21 bits per heavy atom. The summed E-state index contributed by atoms with van der Waals surface area (Å²) >= 11 is 0. The first kappa shape index (κ1) is 98.4. The highest BCUT2D eigenvalue weighted by Crippen LogP contribution is 2.70. The van der Waals surface area contributed by atoms with Crippen LogP contribution in [0.5, 0.6) is 0 Å². The van der Waals surface area contributed by atoms with E-state index in [0.29, 0.717) is 45.7 Å². The lowest BCUT2D eigenvalue weighted by Gasteiger charge is -2.56. The Kier molecular flexibility index (Phi) is 35.0. The Bertz CT molecular complexity index is 3200. The van der Waals surface area contributed by atoms with Crippen molar-refractivity contribution < 1.29 is 64.7 Å². The molecule has 17 fully saturated rings. The molecule has 32 atom stereocenters. The maximum absolute atomic E-state index is 12.9. The number of aliphatic hydroxyl groups excluding tert-OH is 2. The van der Waals surface area contributed by atoms with E-state index in [9.17, 15) is 35.1 Å². The molecule has 0 unspecified atom stereocenters. The maximum Gasteiger partial charge on any atom is 0.249 e. The maximum atomic E-state index is 12.9. The van der Waals surface area contributed by atoms with Crippen LogP contribution >= 0.6 is 12.4 Å². The van der Waals surface area contributed by atoms with Crippen LogP contribution in [-0.4, -0.2) is 126 Å². The number of hydrogen-bond acceptors (Lipinski definition) is 16. The van der Waals surface area contributed by atoms with Gasteiger partial charge in [-0.3, -0.25) is 9.63 Å². The molecule has 16 saturated carbocycles. The zero-order valence-electron chi connectivity index (χ0n) is 69.8. The second kappa shape index (κ2) is 40.5. The van der Waals surface area contributed by atoms with Crippen LogP contribution in [0, 0.1) is 170 Å². The molecular formula is C96H169ClN4O13. The van der Waals surface area contributed by atoms with Gasteiger partial charge >= 0.3 is 0 Å². The molecule has 17 aliphatic rings. The first-order valence-electron chi connectivity index (χ1n) is 44.8. The lowest BCUT2D eigenvalue weighted by molar-refractivity contribution is -0.180. The van der Waals surface area contributed by atoms with E-state index in [-0.39, 0.29) is 72.6 Å². The summed E-state index contributed by atoms with van der Waals surface area (Å²) in [4.78, 5) is 29.6. The summed E-state index contributed by atoms with van der Waals surface area (Å²) in [6.07, 6.45) is 53.9. The summed E-state index contributed by atoms with van der Waals surface area (Å²) in [5, 5.41) is 83.6. The van der Waals surface area contributed by atoms with Crippen molar-refractivity contribution in [2.24, 2.45) is 169 Å². The number of carbonyl (C=O) groups is 2. The van der Waals surface area contributed by atoms with Gasteiger partial charge in [0.1, 0.15) is 19.5 Å². The Morgan fingerprint density at radius 1 is 0.518 bits per heavy atom. The summed E-state index contributed by atoms with van der Waals surface area (Å²) in [5.74, 6) is 24.1. The fraction of sp³-hybridized carbons (Fsp3) is 0.917. The highest BCUT2D eigenvalue weighted by molar-refractivity contribution is 5.85. The quantitative estimate of drug-likeness (QED) is 0.0421. The molecule has 1 saturated heterocycles. The minimum Gasteiger partial charge on any atom is -0.411 e. The van der Waals surface area contributed by atoms with Crippen LogP contribution in [0.2, 0.25) is 0 Å². The molecule has 0 bridgehead atoms. The number of aliphatic hydroxyl groups is 6. The van der Waals surface area contributed by atoms with Gasteiger partial charge in [-0.15, -0.1) is 24.0 Å². The predicted octanol–water partition coefficient (Wildman–Crippen LogP) is 20.1. The number of ether oxygens (including phenoxy) is 1. The monoisotopic (exact) mass is 1620 g/mol. The van der Waals surface area contributed by atoms with Crippen LogP contribution in [0.4, 0.5) is 0 Å². The van der Waals surface area contributed by atoms with Crippen LogP contribution in [0.25, 0.3) is 0 Å². The number of nitrogens with zero attached hydrogens (tertiary/aromatic N) is 3. The third-order valence-electron chi connectivity index (χ3n) is 36.4. The highest BCUT2D eigenvalue weighted by Gasteiger charge is 2.63. The topological polar surface area (TPSA) is 282 Å². The summed E-state index contributed by atoms with van der Waals surface area (Å²) in [6, 6.07) is 1.99. The molecule has 0 radical (unpaired) electrons. The van der Waals surface area contributed by atoms with Gasteiger partial charge in [-0.1, -0.05) is 68.5 Å². The van der Waals surface area contributed by atoms with Crippen LogP contribution in [0.3, 0.4) is 0 Å². The smallest absolute Gasteiger partial charge is 0.249 e. The van der Waals surface area contributed by atoms with Crippen molar-refractivity contribution in [1.82, 2.24) is 10.2 Å². The number of amides is 1. The Labute approximate surface area is 698 Å². The third-order valence-corrected chi connectivity index (χ3v) is 36.4. The average Bonchev–Trinajstić information content (AvgIpc) is 1.98. The molecule has 18 heteroatoms. The standard InChI is InChI=1S/C23H35NO3.C22H37NO3.C20H33NO2.C20H32O2.C4H8O.C3H4O.4CH4.ClH.H3NO/c1-22(26)9-7-16-14(12-22)3-4-18-17(16)8-10-23(2)19(18)5-6-20(23)21-11-15(13-25)27-24-21;1-21(25)11-9-15-14(13-21)5-6-17-16(15)10-12-22(2)18(17)7-8-19(22)20(24)23(3)26-4;1-19(22)9-7-15-13(11-19)3-5-17-16(15)8-10-20(2)14(12-21-23)4-6-18(17)20;1-19(22)9-7-15-13(11-19)3-5-17-16(15)8-10-20(2)14(12-21)4-6-18(17)20;1-2-4-5-3-1;1-2-3-4;;;;;;1-2/h11,14,16-20,25-26H,3-10,12-13H2,1-2H3;14-19,25H,5-13H2,1-4H3;12-18,22-23H,3-11H2,1-2H3;12-18,22H,3-11H2,1-2H3;1-4H2;1,4H,3H2;4*1H4;1H;2H,1H2/b;;21-12+;;;;;;;;;/t14-,16+,17-,18-,19+,20-,22-,23+;14-,15+,16-,17-,18+,19-,21-,22+;2*13-,14-,15+,16-,17-,18+,19-,20-;;;;;;;;/m1111......../s1. The lowest BCUT2D eigenvalue weighted by Crippen LogP contribution is -2.51. The minimum atomic E-state index is -0.438. The number of halogens is 1. The van der Waals surface area contributed by atoms with E-state index in [4.69, 9.17) is 29.6 Å². The lowest BCUT2D eigenvalue weighted by atomic mass is 9.49.